The van der Waals surface area contributed by atoms with E-state index in [0.717, 1.165) is 49.5 Å². The molecule has 1 aromatic carbocycles. The van der Waals surface area contributed by atoms with E-state index < -0.39 is 5.69 Å². The SMILES string of the molecule is CCCCCCCC/C=C/CCCCCCCCN(CSP(=S)(OCCCC)OC(C)CCCCCC)CN(N)c1ccccc1NC. The number of hydrogen-bond donors (Lipinski definition) is 2. The molecule has 0 aliphatic carbocycles. The third-order valence-corrected chi connectivity index (χ3v) is 14.0. The molecule has 0 radical (unpaired) electrons. The van der Waals surface area contributed by atoms with Crippen LogP contribution in [0.4, 0.5) is 11.4 Å². The third-order valence-electron chi connectivity index (χ3n) is 8.74. The summed E-state index contributed by atoms with van der Waals surface area (Å²) in [6, 6.07) is 8.21. The van der Waals surface area contributed by atoms with Gasteiger partial charge in [-0.2, -0.15) is 0 Å². The van der Waals surface area contributed by atoms with Gasteiger partial charge in [-0.1, -0.05) is 146 Å². The molecule has 48 heavy (non-hydrogen) atoms. The normalized spacial score (nSPS) is 13.7. The van der Waals surface area contributed by atoms with Gasteiger partial charge < -0.3 is 14.4 Å². The van der Waals surface area contributed by atoms with Gasteiger partial charge in [0.1, 0.15) is 0 Å². The summed E-state index contributed by atoms with van der Waals surface area (Å²) in [5.41, 5.74) is -0.472. The number of anilines is 2. The highest BCUT2D eigenvalue weighted by molar-refractivity contribution is 8.67. The molecule has 280 valence electrons. The lowest BCUT2D eigenvalue weighted by Gasteiger charge is -2.32. The van der Waals surface area contributed by atoms with E-state index in [9.17, 15) is 0 Å². The maximum atomic E-state index is 6.69. The number of nitrogens with two attached hydrogens (primary N) is 1. The lowest BCUT2D eigenvalue weighted by atomic mass is 10.1. The Morgan fingerprint density at radius 1 is 0.812 bits per heavy atom. The van der Waals surface area contributed by atoms with Crippen molar-refractivity contribution in [3.05, 3.63) is 36.4 Å². The molecule has 6 nitrogen and oxygen atoms in total. The lowest BCUT2D eigenvalue weighted by Crippen LogP contribution is -2.43. The molecule has 0 aromatic heterocycles. The van der Waals surface area contributed by atoms with Crippen LogP contribution in [0.3, 0.4) is 0 Å². The molecule has 0 spiro atoms. The van der Waals surface area contributed by atoms with Crippen molar-refractivity contribution in [1.82, 2.24) is 4.90 Å². The monoisotopic (exact) mass is 727 g/mol. The van der Waals surface area contributed by atoms with Gasteiger partial charge in [-0.25, -0.2) is 5.84 Å². The Kier molecular flexibility index (Phi) is 29.5. The summed E-state index contributed by atoms with van der Waals surface area (Å²) in [4.78, 5) is 2.42. The van der Waals surface area contributed by atoms with Gasteiger partial charge in [0, 0.05) is 13.6 Å². The Morgan fingerprint density at radius 3 is 2.00 bits per heavy atom. The number of nitrogens with one attached hydrogen (secondary N) is 1. The van der Waals surface area contributed by atoms with Gasteiger partial charge in [-0.3, -0.25) is 9.91 Å². The van der Waals surface area contributed by atoms with Gasteiger partial charge in [-0.15, -0.1) is 0 Å². The van der Waals surface area contributed by atoms with Crippen LogP contribution in [-0.4, -0.2) is 43.7 Å². The number of hydrogen-bond acceptors (Lipinski definition) is 8. The first-order valence-electron chi connectivity index (χ1n) is 19.6. The Labute approximate surface area is 307 Å². The summed E-state index contributed by atoms with van der Waals surface area (Å²) < 4.78 is 12.9. The van der Waals surface area contributed by atoms with E-state index in [4.69, 9.17) is 26.7 Å². The predicted octanol–water partition coefficient (Wildman–Crippen LogP) is 12.8. The van der Waals surface area contributed by atoms with Crippen LogP contribution < -0.4 is 16.2 Å². The second kappa shape index (κ2) is 31.2. The fourth-order valence-corrected chi connectivity index (χ4v) is 10.4. The minimum absolute atomic E-state index is 0.111. The van der Waals surface area contributed by atoms with E-state index in [2.05, 4.69) is 62.2 Å². The fraction of sp³-hybridized carbons (Fsp3) is 0.795. The lowest BCUT2D eigenvalue weighted by molar-refractivity contribution is 0.187. The summed E-state index contributed by atoms with van der Waals surface area (Å²) in [7, 11) is 1.94. The van der Waals surface area contributed by atoms with Crippen molar-refractivity contribution in [3.8, 4) is 0 Å². The van der Waals surface area contributed by atoms with Crippen molar-refractivity contribution >= 4 is 40.3 Å². The van der Waals surface area contributed by atoms with Crippen LogP contribution in [0.15, 0.2) is 36.4 Å². The van der Waals surface area contributed by atoms with E-state index in [1.54, 1.807) is 11.4 Å². The highest BCUT2D eigenvalue weighted by atomic mass is 32.9. The number of benzene rings is 1. The first-order chi connectivity index (χ1) is 23.4. The largest absolute Gasteiger partial charge is 0.386 e. The van der Waals surface area contributed by atoms with Crippen molar-refractivity contribution in [2.45, 2.75) is 169 Å². The van der Waals surface area contributed by atoms with Crippen molar-refractivity contribution in [2.24, 2.45) is 5.84 Å². The van der Waals surface area contributed by atoms with Crippen LogP contribution in [0, 0.1) is 0 Å². The molecule has 2 atom stereocenters. The molecule has 0 bridgehead atoms. The molecule has 3 N–H and O–H groups in total. The molecule has 1 rings (SSSR count). The minimum atomic E-state index is -2.49. The van der Waals surface area contributed by atoms with Crippen LogP contribution in [0.2, 0.25) is 0 Å². The molecule has 0 saturated heterocycles. The van der Waals surface area contributed by atoms with Crippen LogP contribution in [0.25, 0.3) is 0 Å². The van der Waals surface area contributed by atoms with Crippen molar-refractivity contribution in [3.63, 3.8) is 0 Å². The summed E-state index contributed by atoms with van der Waals surface area (Å²) in [6.07, 6.45) is 31.4. The zero-order valence-corrected chi connectivity index (χ0v) is 34.3. The highest BCUT2D eigenvalue weighted by Crippen LogP contribution is 2.62. The van der Waals surface area contributed by atoms with E-state index in [1.165, 1.54) is 109 Å². The maximum Gasteiger partial charge on any atom is 0.248 e. The van der Waals surface area contributed by atoms with Crippen LogP contribution in [0.1, 0.15) is 163 Å². The summed E-state index contributed by atoms with van der Waals surface area (Å²) in [5.74, 6) is 7.43. The van der Waals surface area contributed by atoms with Crippen molar-refractivity contribution < 1.29 is 9.05 Å². The summed E-state index contributed by atoms with van der Waals surface area (Å²) >= 11 is 7.85. The second-order valence-corrected chi connectivity index (χ2v) is 19.6. The zero-order valence-electron chi connectivity index (χ0n) is 31.8. The fourth-order valence-electron chi connectivity index (χ4n) is 5.69. The average Bonchev–Trinajstić information content (AvgIpc) is 3.08. The van der Waals surface area contributed by atoms with E-state index in [-0.39, 0.29) is 6.10 Å². The highest BCUT2D eigenvalue weighted by Gasteiger charge is 2.25. The number of hydrazine groups is 1. The van der Waals surface area contributed by atoms with Gasteiger partial charge in [0.2, 0.25) is 5.69 Å². The molecule has 0 fully saturated rings. The van der Waals surface area contributed by atoms with E-state index >= 15 is 0 Å². The maximum absolute atomic E-state index is 6.69. The molecule has 0 amide bonds. The van der Waals surface area contributed by atoms with Gasteiger partial charge in [0.05, 0.1) is 36.6 Å². The molecular formula is C39H75N4O2PS2. The first kappa shape index (κ1) is 45.4. The quantitative estimate of drug-likeness (QED) is 0.0182. The standard InChI is InChI=1S/C39H75N4O2PS2/c1-6-9-12-14-15-16-17-18-19-20-21-22-23-24-25-29-33-42(35-43(40)39-32-28-27-31-38(39)41-5)36-48-46(47,44-34-11-8-3)45-37(4)30-26-13-10-7-2/h18-19,27-28,31-32,37,41H,6-17,20-26,29-30,33-36,40H2,1-5H3/b19-18+. The summed E-state index contributed by atoms with van der Waals surface area (Å²) in [5, 5.41) is 5.13. The van der Waals surface area contributed by atoms with Crippen LogP contribution in [-0.2, 0) is 20.9 Å². The predicted molar refractivity (Wildman–Crippen MR) is 221 cm³/mol. The first-order valence-corrected chi connectivity index (χ1v) is 23.9. The van der Waals surface area contributed by atoms with Gasteiger partial charge in [0.25, 0.3) is 0 Å². The molecule has 1 aromatic rings. The van der Waals surface area contributed by atoms with Crippen molar-refractivity contribution in [2.75, 3.05) is 43.1 Å². The van der Waals surface area contributed by atoms with E-state index in [0.29, 0.717) is 13.3 Å². The minimum Gasteiger partial charge on any atom is -0.386 e. The Balaban J connectivity index is 2.62. The molecule has 0 aliphatic heterocycles. The number of allylic oxidation sites excluding steroid dienone is 2. The summed E-state index contributed by atoms with van der Waals surface area (Å²) in [6.45, 7) is 11.1. The molecule has 9 heteroatoms. The van der Waals surface area contributed by atoms with Gasteiger partial charge in [-0.05, 0) is 75.8 Å². The second-order valence-electron chi connectivity index (χ2n) is 13.4. The number of nitrogens with zero attached hydrogens (tertiary/aromatic N) is 2. The smallest absolute Gasteiger partial charge is 0.248 e. The van der Waals surface area contributed by atoms with E-state index in [1.807, 2.05) is 24.2 Å². The molecule has 0 saturated carbocycles. The average molecular weight is 727 g/mol. The molecule has 0 heterocycles. The topological polar surface area (TPSA) is 63.0 Å². The number of rotatable bonds is 34. The van der Waals surface area contributed by atoms with Crippen LogP contribution in [0.5, 0.6) is 0 Å². The Morgan fingerprint density at radius 2 is 1.38 bits per heavy atom. The molecular weight excluding hydrogens is 652 g/mol. The molecule has 0 aliphatic rings. The Hall–Kier alpha value is -0.600. The zero-order chi connectivity index (χ0) is 35.1. The van der Waals surface area contributed by atoms with Crippen LogP contribution >= 0.6 is 17.1 Å². The molecule has 2 unspecified atom stereocenters. The Bertz CT molecular complexity index is 954. The van der Waals surface area contributed by atoms with Crippen molar-refractivity contribution in [1.29, 1.82) is 0 Å². The van der Waals surface area contributed by atoms with Gasteiger partial charge >= 0.3 is 0 Å². The third kappa shape index (κ3) is 23.7. The number of para-hydroxylation sites is 2. The number of unbranched alkanes of at least 4 members (excludes halogenated alkanes) is 16. The van der Waals surface area contributed by atoms with Gasteiger partial charge in [0.15, 0.2) is 0 Å².